The number of anilines is 1. The molecular weight excluding hydrogens is 335 g/mol. The van der Waals surface area contributed by atoms with E-state index in [1.165, 1.54) is 36.5 Å². The van der Waals surface area contributed by atoms with Crippen molar-refractivity contribution >= 4 is 17.7 Å². The summed E-state index contributed by atoms with van der Waals surface area (Å²) in [6.07, 6.45) is 0.731. The zero-order valence-electron chi connectivity index (χ0n) is 13.7. The van der Waals surface area contributed by atoms with Crippen LogP contribution in [-0.2, 0) is 11.3 Å². The number of pyridine rings is 1. The molecule has 1 N–H and O–H groups in total. The van der Waals surface area contributed by atoms with E-state index in [1.54, 1.807) is 6.07 Å². The van der Waals surface area contributed by atoms with Gasteiger partial charge in [-0.15, -0.1) is 0 Å². The Morgan fingerprint density at radius 1 is 0.962 bits per heavy atom. The molecule has 0 atom stereocenters. The van der Waals surface area contributed by atoms with E-state index >= 15 is 0 Å². The third-order valence-electron chi connectivity index (χ3n) is 3.59. The van der Waals surface area contributed by atoms with Gasteiger partial charge in [-0.25, -0.2) is 14.2 Å². The fraction of sp³-hybridized carbons (Fsp3) is 0.0500. The Kier molecular flexibility index (Phi) is 5.34. The highest BCUT2D eigenvalue weighted by Gasteiger charge is 2.16. The highest BCUT2D eigenvalue weighted by Crippen LogP contribution is 2.17. The van der Waals surface area contributed by atoms with Crippen LogP contribution in [0.2, 0.25) is 0 Å². The minimum atomic E-state index is -0.722. The average molecular weight is 350 g/mol. The van der Waals surface area contributed by atoms with Gasteiger partial charge in [-0.2, -0.15) is 0 Å². The van der Waals surface area contributed by atoms with Crippen molar-refractivity contribution in [1.29, 1.82) is 0 Å². The summed E-state index contributed by atoms with van der Waals surface area (Å²) < 4.78 is 18.2. The van der Waals surface area contributed by atoms with E-state index in [0.717, 1.165) is 5.56 Å². The molecule has 0 bridgehead atoms. The molecule has 0 aliphatic carbocycles. The Labute approximate surface area is 149 Å². The minimum Gasteiger partial charge on any atom is -0.444 e. The molecule has 0 fully saturated rings. The Morgan fingerprint density at radius 3 is 2.42 bits per heavy atom. The Hall–Kier alpha value is -3.54. The number of nitrogens with one attached hydrogen (secondary N) is 1. The lowest BCUT2D eigenvalue weighted by atomic mass is 10.0. The van der Waals surface area contributed by atoms with Crippen LogP contribution in [0, 0.1) is 5.82 Å². The predicted octanol–water partition coefficient (Wildman–Crippen LogP) is 4.20. The van der Waals surface area contributed by atoms with Crippen molar-refractivity contribution in [2.45, 2.75) is 6.61 Å². The number of nitrogens with zero attached hydrogens (tertiary/aromatic N) is 1. The first-order chi connectivity index (χ1) is 12.6. The number of hydrogen-bond acceptors (Lipinski definition) is 4. The van der Waals surface area contributed by atoms with Gasteiger partial charge in [0.05, 0.1) is 5.56 Å². The average Bonchev–Trinajstić information content (AvgIpc) is 2.68. The lowest BCUT2D eigenvalue weighted by Crippen LogP contribution is -2.17. The van der Waals surface area contributed by atoms with Crippen LogP contribution in [-0.4, -0.2) is 16.9 Å². The van der Waals surface area contributed by atoms with Crippen molar-refractivity contribution in [3.63, 3.8) is 0 Å². The number of hydrogen-bond donors (Lipinski definition) is 1. The molecule has 130 valence electrons. The standard InChI is InChI=1S/C20H15FN2O3/c21-16-10-8-15(9-11-16)18(24)17-7-4-12-22-19(17)23-20(25)26-13-14-5-2-1-3-6-14/h1-12H,13H2,(H,22,23,25). The summed E-state index contributed by atoms with van der Waals surface area (Å²) in [6, 6.07) is 17.5. The maximum atomic E-state index is 13.0. The molecule has 0 saturated heterocycles. The third kappa shape index (κ3) is 4.30. The topological polar surface area (TPSA) is 68.3 Å². The zero-order chi connectivity index (χ0) is 18.4. The molecule has 26 heavy (non-hydrogen) atoms. The van der Waals surface area contributed by atoms with Gasteiger partial charge in [-0.05, 0) is 42.0 Å². The largest absolute Gasteiger partial charge is 0.444 e. The lowest BCUT2D eigenvalue weighted by molar-refractivity contribution is 0.103. The highest BCUT2D eigenvalue weighted by molar-refractivity contribution is 6.12. The summed E-state index contributed by atoms with van der Waals surface area (Å²) in [5, 5.41) is 2.48. The van der Waals surface area contributed by atoms with Gasteiger partial charge in [0.2, 0.25) is 0 Å². The summed E-state index contributed by atoms with van der Waals surface area (Å²) >= 11 is 0. The predicted molar refractivity (Wildman–Crippen MR) is 94.3 cm³/mol. The molecule has 0 unspecified atom stereocenters. The fourth-order valence-electron chi connectivity index (χ4n) is 2.30. The SMILES string of the molecule is O=C(Nc1ncccc1C(=O)c1ccc(F)cc1)OCc1ccccc1. The van der Waals surface area contributed by atoms with Crippen LogP contribution >= 0.6 is 0 Å². The summed E-state index contributed by atoms with van der Waals surface area (Å²) in [5.41, 5.74) is 1.32. The van der Waals surface area contributed by atoms with Crippen LogP contribution in [0.15, 0.2) is 72.9 Å². The Balaban J connectivity index is 1.71. The fourth-order valence-corrected chi connectivity index (χ4v) is 2.30. The van der Waals surface area contributed by atoms with Crippen LogP contribution in [0.4, 0.5) is 15.0 Å². The zero-order valence-corrected chi connectivity index (χ0v) is 13.7. The third-order valence-corrected chi connectivity index (χ3v) is 3.59. The van der Waals surface area contributed by atoms with E-state index < -0.39 is 11.9 Å². The summed E-state index contributed by atoms with van der Waals surface area (Å²) in [6.45, 7) is 0.0980. The van der Waals surface area contributed by atoms with E-state index in [-0.39, 0.29) is 23.8 Å². The van der Waals surface area contributed by atoms with Crippen molar-refractivity contribution < 1.29 is 18.7 Å². The van der Waals surface area contributed by atoms with Gasteiger partial charge in [-0.1, -0.05) is 30.3 Å². The van der Waals surface area contributed by atoms with Crippen molar-refractivity contribution in [3.8, 4) is 0 Å². The maximum Gasteiger partial charge on any atom is 0.413 e. The summed E-state index contributed by atoms with van der Waals surface area (Å²) in [7, 11) is 0. The van der Waals surface area contributed by atoms with Crippen molar-refractivity contribution in [1.82, 2.24) is 4.98 Å². The number of ketones is 1. The molecule has 0 spiro atoms. The van der Waals surface area contributed by atoms with Crippen molar-refractivity contribution in [2.24, 2.45) is 0 Å². The first-order valence-corrected chi connectivity index (χ1v) is 7.86. The van der Waals surface area contributed by atoms with Gasteiger partial charge in [0.1, 0.15) is 18.2 Å². The Morgan fingerprint density at radius 2 is 1.69 bits per heavy atom. The molecule has 0 radical (unpaired) electrons. The number of rotatable bonds is 5. The number of aromatic nitrogens is 1. The molecule has 1 heterocycles. The molecule has 1 aromatic heterocycles. The number of carbonyl (C=O) groups is 2. The van der Waals surface area contributed by atoms with Gasteiger partial charge in [0.25, 0.3) is 0 Å². The van der Waals surface area contributed by atoms with E-state index in [1.807, 2.05) is 30.3 Å². The Bertz CT molecular complexity index is 912. The van der Waals surface area contributed by atoms with Crippen LogP contribution < -0.4 is 5.32 Å². The summed E-state index contributed by atoms with van der Waals surface area (Å²) in [4.78, 5) is 28.6. The molecule has 1 amide bonds. The molecule has 3 aromatic rings. The number of halogens is 1. The van der Waals surface area contributed by atoms with Gasteiger partial charge in [-0.3, -0.25) is 10.1 Å². The molecule has 0 aliphatic heterocycles. The van der Waals surface area contributed by atoms with Gasteiger partial charge >= 0.3 is 6.09 Å². The number of ether oxygens (including phenoxy) is 1. The van der Waals surface area contributed by atoms with Gasteiger partial charge in [0, 0.05) is 11.8 Å². The van der Waals surface area contributed by atoms with Crippen LogP contribution in [0.25, 0.3) is 0 Å². The number of carbonyl (C=O) groups excluding carboxylic acids is 2. The van der Waals surface area contributed by atoms with Gasteiger partial charge in [0.15, 0.2) is 5.78 Å². The molecular formula is C20H15FN2O3. The monoisotopic (exact) mass is 350 g/mol. The second kappa shape index (κ2) is 8.02. The molecule has 6 heteroatoms. The van der Waals surface area contributed by atoms with Crippen molar-refractivity contribution in [3.05, 3.63) is 95.4 Å². The van der Waals surface area contributed by atoms with Gasteiger partial charge < -0.3 is 4.74 Å². The normalized spacial score (nSPS) is 10.2. The molecule has 5 nitrogen and oxygen atoms in total. The maximum absolute atomic E-state index is 13.0. The van der Waals surface area contributed by atoms with E-state index in [4.69, 9.17) is 4.74 Å². The first-order valence-electron chi connectivity index (χ1n) is 7.86. The molecule has 3 rings (SSSR count). The number of amides is 1. The summed E-state index contributed by atoms with van der Waals surface area (Å²) in [5.74, 6) is -0.730. The highest BCUT2D eigenvalue weighted by atomic mass is 19.1. The second-order valence-electron chi connectivity index (χ2n) is 5.42. The molecule has 0 aliphatic rings. The van der Waals surface area contributed by atoms with E-state index in [0.29, 0.717) is 5.56 Å². The van der Waals surface area contributed by atoms with Crippen LogP contribution in [0.5, 0.6) is 0 Å². The minimum absolute atomic E-state index is 0.0832. The second-order valence-corrected chi connectivity index (χ2v) is 5.42. The first kappa shape index (κ1) is 17.3. The van der Waals surface area contributed by atoms with E-state index in [2.05, 4.69) is 10.3 Å². The molecule has 2 aromatic carbocycles. The van der Waals surface area contributed by atoms with Crippen LogP contribution in [0.1, 0.15) is 21.5 Å². The van der Waals surface area contributed by atoms with E-state index in [9.17, 15) is 14.0 Å². The quantitative estimate of drug-likeness (QED) is 0.700. The number of benzene rings is 2. The molecule has 0 saturated carbocycles. The lowest BCUT2D eigenvalue weighted by Gasteiger charge is -2.10. The van der Waals surface area contributed by atoms with Crippen LogP contribution in [0.3, 0.4) is 0 Å². The van der Waals surface area contributed by atoms with Crippen molar-refractivity contribution in [2.75, 3.05) is 5.32 Å². The smallest absolute Gasteiger partial charge is 0.413 e.